The average molecular weight is 401 g/mol. The summed E-state index contributed by atoms with van der Waals surface area (Å²) in [6.45, 7) is 0.867. The fourth-order valence-electron chi connectivity index (χ4n) is 3.30. The van der Waals surface area contributed by atoms with E-state index in [2.05, 4.69) is 5.32 Å². The number of hydrogen-bond donors (Lipinski definition) is 1. The molecule has 2 heterocycles. The van der Waals surface area contributed by atoms with Crippen LogP contribution in [0.15, 0.2) is 62.6 Å². The Bertz CT molecular complexity index is 1170. The molecule has 1 fully saturated rings. The highest BCUT2D eigenvalue weighted by Crippen LogP contribution is 2.22. The monoisotopic (exact) mass is 401 g/mol. The molecule has 9 heteroatoms. The molecule has 8 nitrogen and oxygen atoms in total. The predicted molar refractivity (Wildman–Crippen MR) is 104 cm³/mol. The van der Waals surface area contributed by atoms with E-state index >= 15 is 0 Å². The van der Waals surface area contributed by atoms with Crippen LogP contribution >= 0.6 is 0 Å². The zero-order valence-corrected chi connectivity index (χ0v) is 15.8. The molecule has 0 bridgehead atoms. The number of benzene rings is 2. The molecular formula is C19H19N3O5S. The van der Waals surface area contributed by atoms with Crippen molar-refractivity contribution < 1.29 is 17.6 Å². The molecular weight excluding hydrogens is 382 g/mol. The Morgan fingerprint density at radius 1 is 1.04 bits per heavy atom. The molecule has 1 aromatic heterocycles. The number of nitrogens with zero attached hydrogens (tertiary/aromatic N) is 2. The van der Waals surface area contributed by atoms with E-state index in [4.69, 9.17) is 4.42 Å². The molecule has 4 rings (SSSR count). The molecule has 0 radical (unpaired) electrons. The normalized spacial score (nSPS) is 15.1. The summed E-state index contributed by atoms with van der Waals surface area (Å²) in [4.78, 5) is 24.5. The first-order chi connectivity index (χ1) is 13.4. The maximum absolute atomic E-state index is 12.5. The molecule has 1 N–H and O–H groups in total. The second-order valence-electron chi connectivity index (χ2n) is 6.61. The van der Waals surface area contributed by atoms with Crippen molar-refractivity contribution in [2.24, 2.45) is 0 Å². The van der Waals surface area contributed by atoms with Crippen molar-refractivity contribution in [2.75, 3.05) is 18.4 Å². The highest BCUT2D eigenvalue weighted by atomic mass is 32.2. The van der Waals surface area contributed by atoms with E-state index in [9.17, 15) is 18.0 Å². The summed E-state index contributed by atoms with van der Waals surface area (Å²) in [6.07, 6.45) is 1.74. The Balaban J connectivity index is 1.48. The molecule has 3 aromatic rings. The summed E-state index contributed by atoms with van der Waals surface area (Å²) < 4.78 is 32.9. The topological polar surface area (TPSA) is 102 Å². The lowest BCUT2D eigenvalue weighted by molar-refractivity contribution is -0.116. The number of rotatable bonds is 5. The van der Waals surface area contributed by atoms with Gasteiger partial charge in [0.25, 0.3) is 0 Å². The average Bonchev–Trinajstić information content (AvgIpc) is 3.32. The highest BCUT2D eigenvalue weighted by molar-refractivity contribution is 7.89. The maximum atomic E-state index is 12.5. The molecule has 28 heavy (non-hydrogen) atoms. The minimum atomic E-state index is -3.49. The van der Waals surface area contributed by atoms with Gasteiger partial charge >= 0.3 is 5.76 Å². The van der Waals surface area contributed by atoms with Gasteiger partial charge < -0.3 is 9.73 Å². The van der Waals surface area contributed by atoms with Crippen LogP contribution in [-0.4, -0.2) is 36.3 Å². The number of amides is 1. The SMILES string of the molecule is O=C(Cn1c(=O)oc2ccccc21)Nc1ccc(S(=O)(=O)N2CCCC2)cc1. The number of aromatic nitrogens is 1. The van der Waals surface area contributed by atoms with Crippen LogP contribution in [0.2, 0.25) is 0 Å². The van der Waals surface area contributed by atoms with E-state index in [0.717, 1.165) is 12.8 Å². The Morgan fingerprint density at radius 2 is 1.71 bits per heavy atom. The summed E-state index contributed by atoms with van der Waals surface area (Å²) >= 11 is 0. The van der Waals surface area contributed by atoms with Crippen LogP contribution in [0.25, 0.3) is 11.1 Å². The van der Waals surface area contributed by atoms with Crippen molar-refractivity contribution in [1.82, 2.24) is 8.87 Å². The van der Waals surface area contributed by atoms with Gasteiger partial charge in [-0.05, 0) is 49.2 Å². The van der Waals surface area contributed by atoms with Crippen molar-refractivity contribution in [3.63, 3.8) is 0 Å². The van der Waals surface area contributed by atoms with Gasteiger partial charge in [-0.15, -0.1) is 0 Å². The van der Waals surface area contributed by atoms with Gasteiger partial charge in [-0.1, -0.05) is 12.1 Å². The Morgan fingerprint density at radius 3 is 2.43 bits per heavy atom. The fourth-order valence-corrected chi connectivity index (χ4v) is 4.81. The molecule has 0 aliphatic carbocycles. The van der Waals surface area contributed by atoms with Gasteiger partial charge in [0.2, 0.25) is 15.9 Å². The quantitative estimate of drug-likeness (QED) is 0.705. The molecule has 2 aromatic carbocycles. The van der Waals surface area contributed by atoms with Crippen LogP contribution in [0.1, 0.15) is 12.8 Å². The molecule has 1 saturated heterocycles. The van der Waals surface area contributed by atoms with Gasteiger partial charge in [0.15, 0.2) is 5.58 Å². The maximum Gasteiger partial charge on any atom is 0.420 e. The van der Waals surface area contributed by atoms with Crippen molar-refractivity contribution >= 4 is 32.7 Å². The van der Waals surface area contributed by atoms with Crippen LogP contribution in [0.4, 0.5) is 5.69 Å². The van der Waals surface area contributed by atoms with Gasteiger partial charge in [0.1, 0.15) is 6.54 Å². The molecule has 0 spiro atoms. The third kappa shape index (κ3) is 3.46. The first-order valence-corrected chi connectivity index (χ1v) is 10.4. The Labute approximate surface area is 161 Å². The zero-order chi connectivity index (χ0) is 19.7. The lowest BCUT2D eigenvalue weighted by Gasteiger charge is -2.15. The number of anilines is 1. The lowest BCUT2D eigenvalue weighted by atomic mass is 10.3. The number of para-hydroxylation sites is 2. The van der Waals surface area contributed by atoms with E-state index in [1.54, 1.807) is 24.3 Å². The number of hydrogen-bond acceptors (Lipinski definition) is 5. The number of oxazole rings is 1. The Hall–Kier alpha value is -2.91. The molecule has 0 atom stereocenters. The smallest absolute Gasteiger partial charge is 0.408 e. The molecule has 1 amide bonds. The number of carbonyl (C=O) groups excluding carboxylic acids is 1. The van der Waals surface area contributed by atoms with Crippen LogP contribution in [-0.2, 0) is 21.4 Å². The number of sulfonamides is 1. The molecule has 1 aliphatic rings. The highest BCUT2D eigenvalue weighted by Gasteiger charge is 2.26. The van der Waals surface area contributed by atoms with E-state index in [-0.39, 0.29) is 11.4 Å². The van der Waals surface area contributed by atoms with Crippen molar-refractivity contribution in [2.45, 2.75) is 24.3 Å². The first kappa shape index (κ1) is 18.5. The van der Waals surface area contributed by atoms with Gasteiger partial charge in [-0.3, -0.25) is 9.36 Å². The fraction of sp³-hybridized carbons (Fsp3) is 0.263. The van der Waals surface area contributed by atoms with Gasteiger partial charge in [0.05, 0.1) is 10.4 Å². The van der Waals surface area contributed by atoms with Crippen LogP contribution in [0, 0.1) is 0 Å². The van der Waals surface area contributed by atoms with Crippen LogP contribution in [0.5, 0.6) is 0 Å². The van der Waals surface area contributed by atoms with Crippen LogP contribution in [0.3, 0.4) is 0 Å². The minimum absolute atomic E-state index is 0.199. The van der Waals surface area contributed by atoms with Crippen LogP contribution < -0.4 is 11.1 Å². The first-order valence-electron chi connectivity index (χ1n) is 8.93. The summed E-state index contributed by atoms with van der Waals surface area (Å²) in [5.74, 6) is -1.02. The standard InChI is InChI=1S/C19H19N3O5S/c23-18(13-22-16-5-1-2-6-17(16)27-19(22)24)20-14-7-9-15(10-8-14)28(25,26)21-11-3-4-12-21/h1-2,5-10H,3-4,11-13H2,(H,20,23). The van der Waals surface area contributed by atoms with E-state index in [1.807, 2.05) is 0 Å². The van der Waals surface area contributed by atoms with Gasteiger partial charge in [-0.25, -0.2) is 13.2 Å². The van der Waals surface area contributed by atoms with Crippen molar-refractivity contribution in [3.8, 4) is 0 Å². The van der Waals surface area contributed by atoms with E-state index in [1.165, 1.54) is 33.1 Å². The van der Waals surface area contributed by atoms with E-state index in [0.29, 0.717) is 29.9 Å². The van der Waals surface area contributed by atoms with E-state index < -0.39 is 21.7 Å². The third-order valence-corrected chi connectivity index (χ3v) is 6.63. The molecule has 0 unspecified atom stereocenters. The summed E-state index contributed by atoms with van der Waals surface area (Å²) in [6, 6.07) is 12.9. The van der Waals surface area contributed by atoms with Crippen molar-refractivity contribution in [3.05, 3.63) is 59.1 Å². The minimum Gasteiger partial charge on any atom is -0.408 e. The van der Waals surface area contributed by atoms with Gasteiger partial charge in [-0.2, -0.15) is 4.31 Å². The van der Waals surface area contributed by atoms with Crippen molar-refractivity contribution in [1.29, 1.82) is 0 Å². The summed E-state index contributed by atoms with van der Waals surface area (Å²) in [5, 5.41) is 2.67. The second kappa shape index (κ2) is 7.25. The van der Waals surface area contributed by atoms with Gasteiger partial charge in [0, 0.05) is 18.8 Å². The Kier molecular flexibility index (Phi) is 4.78. The zero-order valence-electron chi connectivity index (χ0n) is 15.0. The number of fused-ring (bicyclic) bond motifs is 1. The summed E-state index contributed by atoms with van der Waals surface area (Å²) in [5.41, 5.74) is 1.40. The largest absolute Gasteiger partial charge is 0.420 e. The lowest BCUT2D eigenvalue weighted by Crippen LogP contribution is -2.28. The third-order valence-electron chi connectivity index (χ3n) is 4.72. The number of nitrogens with one attached hydrogen (secondary N) is 1. The molecule has 146 valence electrons. The molecule has 0 saturated carbocycles. The predicted octanol–water partition coefficient (Wildman–Crippen LogP) is 2.02. The second-order valence-corrected chi connectivity index (χ2v) is 8.54. The summed E-state index contributed by atoms with van der Waals surface area (Å²) in [7, 11) is -3.49. The number of carbonyl (C=O) groups is 1. The molecule has 1 aliphatic heterocycles.